The zero-order chi connectivity index (χ0) is 10.3. The third kappa shape index (κ3) is 5.78. The number of rotatable bonds is 4. The summed E-state index contributed by atoms with van der Waals surface area (Å²) in [5.41, 5.74) is 5.52. The van der Waals surface area contributed by atoms with Gasteiger partial charge in [0.1, 0.15) is 5.70 Å². The monoisotopic (exact) mass is 184 g/mol. The Morgan fingerprint density at radius 3 is 2.62 bits per heavy atom. The molecule has 0 saturated carbocycles. The molecule has 0 aromatic rings. The van der Waals surface area contributed by atoms with Gasteiger partial charge in [-0.3, -0.25) is 0 Å². The van der Waals surface area contributed by atoms with Gasteiger partial charge in [-0.15, -0.1) is 0 Å². The number of nitrogens with zero attached hydrogens (tertiary/aromatic N) is 1. The Bertz CT molecular complexity index is 220. The third-order valence-electron chi connectivity index (χ3n) is 1.17. The van der Waals surface area contributed by atoms with Crippen molar-refractivity contribution in [3.05, 3.63) is 24.0 Å². The van der Waals surface area contributed by atoms with Crippen molar-refractivity contribution in [2.24, 2.45) is 5.73 Å². The van der Waals surface area contributed by atoms with Gasteiger partial charge in [-0.05, 0) is 25.3 Å². The summed E-state index contributed by atoms with van der Waals surface area (Å²) in [7, 11) is 3.76. The quantitative estimate of drug-likeness (QED) is 0.392. The average molecular weight is 184 g/mol. The maximum Gasteiger partial charge on any atom is 0.354 e. The molecule has 0 aromatic carbocycles. The minimum Gasteiger partial charge on any atom is -0.461 e. The SMILES string of the molecule is CCOC(=O)/C(N)=C\C=C\N(C)C. The van der Waals surface area contributed by atoms with E-state index in [9.17, 15) is 4.79 Å². The zero-order valence-corrected chi connectivity index (χ0v) is 8.28. The van der Waals surface area contributed by atoms with E-state index >= 15 is 0 Å². The smallest absolute Gasteiger partial charge is 0.354 e. The molecular weight excluding hydrogens is 168 g/mol. The van der Waals surface area contributed by atoms with E-state index in [0.29, 0.717) is 6.61 Å². The predicted octanol–water partition coefficient (Wildman–Crippen LogP) is 0.467. The first-order valence-electron chi connectivity index (χ1n) is 4.05. The summed E-state index contributed by atoms with van der Waals surface area (Å²) in [6.07, 6.45) is 4.98. The molecule has 0 aromatic heterocycles. The Morgan fingerprint density at radius 1 is 1.54 bits per heavy atom. The van der Waals surface area contributed by atoms with Crippen molar-refractivity contribution in [3.63, 3.8) is 0 Å². The van der Waals surface area contributed by atoms with E-state index in [0.717, 1.165) is 0 Å². The number of ether oxygens (including phenoxy) is 1. The van der Waals surface area contributed by atoms with E-state index in [-0.39, 0.29) is 5.70 Å². The third-order valence-corrected chi connectivity index (χ3v) is 1.17. The lowest BCUT2D eigenvalue weighted by Gasteiger charge is -2.02. The molecule has 74 valence electrons. The Kier molecular flexibility index (Phi) is 5.43. The number of nitrogens with two attached hydrogens (primary N) is 1. The minimum atomic E-state index is -0.481. The maximum atomic E-state index is 11.0. The van der Waals surface area contributed by atoms with Crippen LogP contribution in [0.3, 0.4) is 0 Å². The molecule has 0 rings (SSSR count). The topological polar surface area (TPSA) is 55.6 Å². The number of carbonyl (C=O) groups is 1. The second kappa shape index (κ2) is 6.11. The molecule has 0 aliphatic carbocycles. The van der Waals surface area contributed by atoms with Gasteiger partial charge in [-0.2, -0.15) is 0 Å². The first-order valence-corrected chi connectivity index (χ1v) is 4.05. The van der Waals surface area contributed by atoms with Gasteiger partial charge >= 0.3 is 5.97 Å². The van der Waals surface area contributed by atoms with Gasteiger partial charge < -0.3 is 15.4 Å². The van der Waals surface area contributed by atoms with Crippen molar-refractivity contribution in [1.29, 1.82) is 0 Å². The van der Waals surface area contributed by atoms with E-state index in [1.54, 1.807) is 19.2 Å². The molecule has 0 aliphatic rings. The van der Waals surface area contributed by atoms with E-state index in [2.05, 4.69) is 4.74 Å². The predicted molar refractivity (Wildman–Crippen MR) is 51.7 cm³/mol. The van der Waals surface area contributed by atoms with Gasteiger partial charge in [-0.25, -0.2) is 4.79 Å². The molecular formula is C9H16N2O2. The van der Waals surface area contributed by atoms with Crippen LogP contribution in [0, 0.1) is 0 Å². The van der Waals surface area contributed by atoms with Crippen LogP contribution in [0.5, 0.6) is 0 Å². The van der Waals surface area contributed by atoms with Gasteiger partial charge in [0.15, 0.2) is 0 Å². The molecule has 0 spiro atoms. The van der Waals surface area contributed by atoms with Crippen molar-refractivity contribution < 1.29 is 9.53 Å². The highest BCUT2D eigenvalue weighted by Gasteiger charge is 2.02. The van der Waals surface area contributed by atoms with Crippen LogP contribution in [-0.2, 0) is 9.53 Å². The highest BCUT2D eigenvalue weighted by molar-refractivity contribution is 5.87. The highest BCUT2D eigenvalue weighted by Crippen LogP contribution is 1.90. The number of hydrogen-bond donors (Lipinski definition) is 1. The first-order chi connectivity index (χ1) is 6.07. The summed E-state index contributed by atoms with van der Waals surface area (Å²) in [6, 6.07) is 0. The van der Waals surface area contributed by atoms with Crippen molar-refractivity contribution in [2.45, 2.75) is 6.92 Å². The largest absolute Gasteiger partial charge is 0.461 e. The Hall–Kier alpha value is -1.45. The fraction of sp³-hybridized carbons (Fsp3) is 0.444. The Balaban J connectivity index is 4.08. The summed E-state index contributed by atoms with van der Waals surface area (Å²) >= 11 is 0. The molecule has 0 bridgehead atoms. The number of hydrogen-bond acceptors (Lipinski definition) is 4. The lowest BCUT2D eigenvalue weighted by atomic mass is 10.4. The molecule has 13 heavy (non-hydrogen) atoms. The zero-order valence-electron chi connectivity index (χ0n) is 8.28. The fourth-order valence-corrected chi connectivity index (χ4v) is 0.601. The molecule has 2 N–H and O–H groups in total. The first kappa shape index (κ1) is 11.6. The van der Waals surface area contributed by atoms with Crippen molar-refractivity contribution in [2.75, 3.05) is 20.7 Å². The van der Waals surface area contributed by atoms with Crippen LogP contribution in [-0.4, -0.2) is 31.6 Å². The van der Waals surface area contributed by atoms with Crippen molar-refractivity contribution in [1.82, 2.24) is 4.90 Å². The van der Waals surface area contributed by atoms with E-state index in [1.807, 2.05) is 19.0 Å². The van der Waals surface area contributed by atoms with Crippen LogP contribution in [0.15, 0.2) is 24.0 Å². The summed E-state index contributed by atoms with van der Waals surface area (Å²) in [5.74, 6) is -0.481. The summed E-state index contributed by atoms with van der Waals surface area (Å²) in [6.45, 7) is 2.08. The molecule has 0 unspecified atom stereocenters. The van der Waals surface area contributed by atoms with Crippen LogP contribution in [0.1, 0.15) is 6.92 Å². The van der Waals surface area contributed by atoms with Crippen LogP contribution in [0.25, 0.3) is 0 Å². The summed E-state index contributed by atoms with van der Waals surface area (Å²) in [4.78, 5) is 12.8. The average Bonchev–Trinajstić information content (AvgIpc) is 2.04. The lowest BCUT2D eigenvalue weighted by molar-refractivity contribution is -0.138. The summed E-state index contributed by atoms with van der Waals surface area (Å²) in [5, 5.41) is 0. The standard InChI is InChI=1S/C9H16N2O2/c1-4-13-9(12)8(10)6-5-7-11(2)3/h5-7H,4,10H2,1-3H3/b7-5+,8-6+. The van der Waals surface area contributed by atoms with E-state index in [1.165, 1.54) is 6.08 Å². The molecule has 4 nitrogen and oxygen atoms in total. The van der Waals surface area contributed by atoms with Gasteiger partial charge in [0.2, 0.25) is 0 Å². The van der Waals surface area contributed by atoms with Crippen LogP contribution >= 0.6 is 0 Å². The molecule has 0 fully saturated rings. The lowest BCUT2D eigenvalue weighted by Crippen LogP contribution is -2.14. The van der Waals surface area contributed by atoms with E-state index in [4.69, 9.17) is 5.73 Å². The van der Waals surface area contributed by atoms with Crippen LogP contribution in [0.4, 0.5) is 0 Å². The molecule has 0 saturated heterocycles. The van der Waals surface area contributed by atoms with E-state index < -0.39 is 5.97 Å². The van der Waals surface area contributed by atoms with Crippen molar-refractivity contribution in [3.8, 4) is 0 Å². The second-order valence-corrected chi connectivity index (χ2v) is 2.65. The minimum absolute atomic E-state index is 0.111. The van der Waals surface area contributed by atoms with Gasteiger partial charge in [0.25, 0.3) is 0 Å². The van der Waals surface area contributed by atoms with Gasteiger partial charge in [0, 0.05) is 14.1 Å². The molecule has 0 radical (unpaired) electrons. The molecule has 4 heteroatoms. The molecule has 0 heterocycles. The van der Waals surface area contributed by atoms with Gasteiger partial charge in [-0.1, -0.05) is 0 Å². The number of carbonyl (C=O) groups excluding carboxylic acids is 1. The molecule has 0 atom stereocenters. The second-order valence-electron chi connectivity index (χ2n) is 2.65. The number of allylic oxidation sites excluding steroid dienone is 2. The normalized spacial score (nSPS) is 11.8. The Morgan fingerprint density at radius 2 is 2.15 bits per heavy atom. The fourth-order valence-electron chi connectivity index (χ4n) is 0.601. The Labute approximate surface area is 78.7 Å². The summed E-state index contributed by atoms with van der Waals surface area (Å²) < 4.78 is 4.68. The molecule has 0 amide bonds. The van der Waals surface area contributed by atoms with Crippen molar-refractivity contribution >= 4 is 5.97 Å². The number of esters is 1. The maximum absolute atomic E-state index is 11.0. The van der Waals surface area contributed by atoms with Crippen LogP contribution < -0.4 is 5.73 Å². The van der Waals surface area contributed by atoms with Crippen LogP contribution in [0.2, 0.25) is 0 Å². The van der Waals surface area contributed by atoms with Gasteiger partial charge in [0.05, 0.1) is 6.61 Å². The highest BCUT2D eigenvalue weighted by atomic mass is 16.5. The molecule has 0 aliphatic heterocycles.